The summed E-state index contributed by atoms with van der Waals surface area (Å²) in [6.45, 7) is 12.9. The third kappa shape index (κ3) is 7.27. The summed E-state index contributed by atoms with van der Waals surface area (Å²) in [6.07, 6.45) is 2.41. The summed E-state index contributed by atoms with van der Waals surface area (Å²) in [4.78, 5) is 11.9. The predicted octanol–water partition coefficient (Wildman–Crippen LogP) is 6.24. The summed E-state index contributed by atoms with van der Waals surface area (Å²) in [7, 11) is 0. The summed E-state index contributed by atoms with van der Waals surface area (Å²) < 4.78 is 11.7. The smallest absolute Gasteiger partial charge is 0.333 e. The Morgan fingerprint density at radius 3 is 2.13 bits per heavy atom. The maximum absolute atomic E-state index is 11.9. The number of benzene rings is 2. The number of esters is 1. The van der Waals surface area contributed by atoms with Gasteiger partial charge >= 0.3 is 5.97 Å². The SMILES string of the molecule is C=C(C)C(=O)OC(C)(C)CC(C)(C)Oc1ccc(/C(N)=C/c2ccc(Cl)cc2)cc1. The number of carbonyl (C=O) groups excluding carboxylic acids is 1. The monoisotopic (exact) mass is 427 g/mol. The molecule has 0 heterocycles. The largest absolute Gasteiger partial charge is 0.488 e. The van der Waals surface area contributed by atoms with E-state index in [1.165, 1.54) is 0 Å². The van der Waals surface area contributed by atoms with Crippen molar-refractivity contribution in [3.05, 3.63) is 76.8 Å². The number of rotatable bonds is 8. The lowest BCUT2D eigenvalue weighted by Crippen LogP contribution is -2.40. The van der Waals surface area contributed by atoms with Crippen LogP contribution in [0.1, 0.15) is 52.2 Å². The van der Waals surface area contributed by atoms with Crippen LogP contribution in [0.4, 0.5) is 0 Å². The van der Waals surface area contributed by atoms with E-state index in [9.17, 15) is 4.79 Å². The summed E-state index contributed by atoms with van der Waals surface area (Å²) >= 11 is 5.92. The van der Waals surface area contributed by atoms with Crippen molar-refractivity contribution in [3.8, 4) is 5.75 Å². The van der Waals surface area contributed by atoms with Crippen molar-refractivity contribution in [3.63, 3.8) is 0 Å². The Labute approximate surface area is 184 Å². The molecule has 2 N–H and O–H groups in total. The lowest BCUT2D eigenvalue weighted by atomic mass is 9.92. The third-order valence-electron chi connectivity index (χ3n) is 4.34. The Kier molecular flexibility index (Phi) is 7.38. The molecule has 0 aliphatic heterocycles. The van der Waals surface area contributed by atoms with Gasteiger partial charge in [0.15, 0.2) is 0 Å². The van der Waals surface area contributed by atoms with Gasteiger partial charge in [-0.25, -0.2) is 4.79 Å². The zero-order chi connectivity index (χ0) is 22.5. The number of carbonyl (C=O) groups is 1. The Balaban J connectivity index is 2.05. The van der Waals surface area contributed by atoms with E-state index in [0.29, 0.717) is 28.5 Å². The van der Waals surface area contributed by atoms with Crippen LogP contribution in [0.25, 0.3) is 11.8 Å². The topological polar surface area (TPSA) is 61.5 Å². The first-order valence-corrected chi connectivity index (χ1v) is 10.2. The van der Waals surface area contributed by atoms with Crippen LogP contribution in [-0.4, -0.2) is 17.2 Å². The van der Waals surface area contributed by atoms with Gasteiger partial charge in [-0.15, -0.1) is 0 Å². The molecule has 0 radical (unpaired) electrons. The van der Waals surface area contributed by atoms with Gasteiger partial charge in [-0.05, 0) is 88.2 Å². The van der Waals surface area contributed by atoms with E-state index in [1.807, 2.05) is 82.3 Å². The minimum absolute atomic E-state index is 0.377. The first kappa shape index (κ1) is 23.6. The Hall–Kier alpha value is -2.72. The average Bonchev–Trinajstić information content (AvgIpc) is 2.62. The zero-order valence-electron chi connectivity index (χ0n) is 18.3. The minimum atomic E-state index is -0.689. The normalized spacial score (nSPS) is 12.4. The van der Waals surface area contributed by atoms with E-state index in [0.717, 1.165) is 11.1 Å². The second-order valence-corrected chi connectivity index (χ2v) is 9.08. The van der Waals surface area contributed by atoms with E-state index < -0.39 is 17.2 Å². The molecule has 0 aliphatic rings. The molecule has 2 aromatic carbocycles. The van der Waals surface area contributed by atoms with E-state index >= 15 is 0 Å². The van der Waals surface area contributed by atoms with Gasteiger partial charge in [0.05, 0.1) is 0 Å². The highest BCUT2D eigenvalue weighted by molar-refractivity contribution is 6.30. The van der Waals surface area contributed by atoms with Crippen molar-refractivity contribution in [1.82, 2.24) is 0 Å². The predicted molar refractivity (Wildman–Crippen MR) is 124 cm³/mol. The number of ether oxygens (including phenoxy) is 2. The molecule has 2 rings (SSSR count). The van der Waals surface area contributed by atoms with Gasteiger partial charge in [0, 0.05) is 22.7 Å². The molecule has 160 valence electrons. The minimum Gasteiger partial charge on any atom is -0.488 e. The maximum Gasteiger partial charge on any atom is 0.333 e. The van der Waals surface area contributed by atoms with Crippen molar-refractivity contribution >= 4 is 29.3 Å². The Morgan fingerprint density at radius 2 is 1.60 bits per heavy atom. The summed E-state index contributed by atoms with van der Waals surface area (Å²) in [6, 6.07) is 15.1. The van der Waals surface area contributed by atoms with Crippen LogP contribution in [0, 0.1) is 0 Å². The summed E-state index contributed by atoms with van der Waals surface area (Å²) in [5, 5.41) is 0.687. The Bertz CT molecular complexity index is 926. The van der Waals surface area contributed by atoms with Crippen LogP contribution < -0.4 is 10.5 Å². The molecule has 0 aliphatic carbocycles. The second-order valence-electron chi connectivity index (χ2n) is 8.64. The molecule has 0 bridgehead atoms. The van der Waals surface area contributed by atoms with Gasteiger partial charge < -0.3 is 15.2 Å². The second kappa shape index (κ2) is 9.40. The van der Waals surface area contributed by atoms with E-state index in [2.05, 4.69) is 6.58 Å². The van der Waals surface area contributed by atoms with E-state index in [1.54, 1.807) is 6.92 Å². The molecule has 0 saturated heterocycles. The van der Waals surface area contributed by atoms with Gasteiger partial charge in [0.2, 0.25) is 0 Å². The molecule has 0 amide bonds. The third-order valence-corrected chi connectivity index (χ3v) is 4.59. The van der Waals surface area contributed by atoms with Crippen LogP contribution in [0.2, 0.25) is 5.02 Å². The van der Waals surface area contributed by atoms with Gasteiger partial charge in [0.1, 0.15) is 17.0 Å². The van der Waals surface area contributed by atoms with Crippen molar-refractivity contribution in [2.75, 3.05) is 0 Å². The maximum atomic E-state index is 11.9. The molecule has 0 fully saturated rings. The van der Waals surface area contributed by atoms with Crippen LogP contribution in [0.3, 0.4) is 0 Å². The van der Waals surface area contributed by atoms with Gasteiger partial charge in [-0.1, -0.05) is 30.3 Å². The van der Waals surface area contributed by atoms with E-state index in [-0.39, 0.29) is 0 Å². The number of halogens is 1. The number of hydrogen-bond acceptors (Lipinski definition) is 4. The highest BCUT2D eigenvalue weighted by Crippen LogP contribution is 2.29. The molecule has 0 saturated carbocycles. The molecular formula is C25H30ClNO3. The fraction of sp³-hybridized carbons (Fsp3) is 0.320. The van der Waals surface area contributed by atoms with Crippen LogP contribution in [0.15, 0.2) is 60.7 Å². The van der Waals surface area contributed by atoms with Crippen molar-refractivity contribution < 1.29 is 14.3 Å². The molecule has 0 unspecified atom stereocenters. The van der Waals surface area contributed by atoms with Crippen LogP contribution in [0.5, 0.6) is 5.75 Å². The molecule has 30 heavy (non-hydrogen) atoms. The summed E-state index contributed by atoms with van der Waals surface area (Å²) in [5.74, 6) is 0.313. The zero-order valence-corrected chi connectivity index (χ0v) is 19.0. The van der Waals surface area contributed by atoms with Crippen molar-refractivity contribution in [1.29, 1.82) is 0 Å². The number of nitrogens with two attached hydrogens (primary N) is 1. The van der Waals surface area contributed by atoms with Gasteiger partial charge in [-0.3, -0.25) is 0 Å². The molecule has 0 atom stereocenters. The standard InChI is InChI=1S/C25H30ClNO3/c1-17(2)23(28)30-25(5,6)16-24(3,4)29-21-13-9-19(10-14-21)22(27)15-18-7-11-20(26)12-8-18/h7-15H,1,16,27H2,2-6H3/b22-15-. The fourth-order valence-corrected chi connectivity index (χ4v) is 3.42. The molecule has 0 spiro atoms. The first-order chi connectivity index (χ1) is 13.9. The molecule has 0 aromatic heterocycles. The molecule has 5 heteroatoms. The quantitative estimate of drug-likeness (QED) is 0.307. The Morgan fingerprint density at radius 1 is 1.03 bits per heavy atom. The van der Waals surface area contributed by atoms with Crippen LogP contribution in [-0.2, 0) is 9.53 Å². The van der Waals surface area contributed by atoms with Gasteiger partial charge in [-0.2, -0.15) is 0 Å². The first-order valence-electron chi connectivity index (χ1n) is 9.78. The van der Waals surface area contributed by atoms with Crippen LogP contribution >= 0.6 is 11.6 Å². The fourth-order valence-electron chi connectivity index (χ4n) is 3.29. The molecular weight excluding hydrogens is 398 g/mol. The average molecular weight is 428 g/mol. The van der Waals surface area contributed by atoms with E-state index in [4.69, 9.17) is 26.8 Å². The lowest BCUT2D eigenvalue weighted by Gasteiger charge is -2.35. The lowest BCUT2D eigenvalue weighted by molar-refractivity contribution is -0.155. The molecule has 4 nitrogen and oxygen atoms in total. The highest BCUT2D eigenvalue weighted by atomic mass is 35.5. The summed E-state index contributed by atoms with van der Waals surface area (Å²) in [5.41, 5.74) is 7.88. The number of hydrogen-bond donors (Lipinski definition) is 1. The van der Waals surface area contributed by atoms with Gasteiger partial charge in [0.25, 0.3) is 0 Å². The van der Waals surface area contributed by atoms with Crippen molar-refractivity contribution in [2.45, 2.75) is 52.2 Å². The molecule has 2 aromatic rings. The van der Waals surface area contributed by atoms with Crippen molar-refractivity contribution in [2.24, 2.45) is 5.73 Å². The highest BCUT2D eigenvalue weighted by Gasteiger charge is 2.33.